The molecule has 0 radical (unpaired) electrons. The number of carboxylic acids is 1. The molecule has 0 saturated carbocycles. The van der Waals surface area contributed by atoms with Crippen LogP contribution in [-0.2, 0) is 9.59 Å². The Balaban J connectivity index is 2.61. The smallest absolute Gasteiger partial charge is 0.304 e. The standard InChI is InChI=1S/C14H26N2O3/c1-11(2)16(10-7-13(17)18)12(3)14(19)15-8-5-4-6-9-15/h11-12H,4-10H2,1-3H3,(H,17,18). The third-order valence-corrected chi connectivity index (χ3v) is 3.77. The van der Waals surface area contributed by atoms with Crippen LogP contribution in [0.5, 0.6) is 0 Å². The molecule has 1 aliphatic rings. The lowest BCUT2D eigenvalue weighted by molar-refractivity contribution is -0.141. The van der Waals surface area contributed by atoms with Gasteiger partial charge in [-0.2, -0.15) is 0 Å². The summed E-state index contributed by atoms with van der Waals surface area (Å²) in [4.78, 5) is 27.0. The van der Waals surface area contributed by atoms with Gasteiger partial charge >= 0.3 is 5.97 Å². The van der Waals surface area contributed by atoms with Crippen LogP contribution in [0.3, 0.4) is 0 Å². The van der Waals surface area contributed by atoms with Gasteiger partial charge in [-0.1, -0.05) is 0 Å². The molecular formula is C14H26N2O3. The second kappa shape index (κ2) is 7.48. The Morgan fingerprint density at radius 1 is 1.16 bits per heavy atom. The molecule has 1 aliphatic heterocycles. The summed E-state index contributed by atoms with van der Waals surface area (Å²) in [5, 5.41) is 8.79. The van der Waals surface area contributed by atoms with Crippen LogP contribution in [0.2, 0.25) is 0 Å². The van der Waals surface area contributed by atoms with Gasteiger partial charge in [0.25, 0.3) is 0 Å². The van der Waals surface area contributed by atoms with Crippen molar-refractivity contribution in [3.05, 3.63) is 0 Å². The lowest BCUT2D eigenvalue weighted by atomic mass is 10.1. The van der Waals surface area contributed by atoms with Crippen molar-refractivity contribution < 1.29 is 14.7 Å². The topological polar surface area (TPSA) is 60.9 Å². The zero-order chi connectivity index (χ0) is 14.4. The van der Waals surface area contributed by atoms with Crippen LogP contribution in [-0.4, -0.2) is 58.5 Å². The normalized spacial score (nSPS) is 17.8. The molecule has 5 nitrogen and oxygen atoms in total. The molecular weight excluding hydrogens is 244 g/mol. The summed E-state index contributed by atoms with van der Waals surface area (Å²) in [6.07, 6.45) is 3.44. The van der Waals surface area contributed by atoms with E-state index in [0.717, 1.165) is 25.9 Å². The van der Waals surface area contributed by atoms with Crippen LogP contribution in [0.25, 0.3) is 0 Å². The molecule has 0 aliphatic carbocycles. The second-order valence-electron chi connectivity index (χ2n) is 5.54. The predicted molar refractivity (Wildman–Crippen MR) is 74.0 cm³/mol. The van der Waals surface area contributed by atoms with Crippen molar-refractivity contribution >= 4 is 11.9 Å². The number of amides is 1. The van der Waals surface area contributed by atoms with Gasteiger partial charge in [0, 0.05) is 25.7 Å². The van der Waals surface area contributed by atoms with Gasteiger partial charge in [0.2, 0.25) is 5.91 Å². The van der Waals surface area contributed by atoms with E-state index in [9.17, 15) is 9.59 Å². The quantitative estimate of drug-likeness (QED) is 0.796. The van der Waals surface area contributed by atoms with E-state index in [1.165, 1.54) is 6.42 Å². The Morgan fingerprint density at radius 3 is 2.21 bits per heavy atom. The fourth-order valence-electron chi connectivity index (χ4n) is 2.64. The average Bonchev–Trinajstić information content (AvgIpc) is 2.38. The summed E-state index contributed by atoms with van der Waals surface area (Å²) in [6, 6.07) is -0.0689. The number of likely N-dealkylation sites (tertiary alicyclic amines) is 1. The first-order valence-electron chi connectivity index (χ1n) is 7.19. The molecule has 1 saturated heterocycles. The minimum atomic E-state index is -0.816. The Morgan fingerprint density at radius 2 is 1.74 bits per heavy atom. The van der Waals surface area contributed by atoms with E-state index < -0.39 is 5.97 Å². The van der Waals surface area contributed by atoms with Gasteiger partial charge < -0.3 is 10.0 Å². The molecule has 1 heterocycles. The number of carboxylic acid groups (broad SMARTS) is 1. The maximum absolute atomic E-state index is 12.4. The predicted octanol–water partition coefficient (Wildman–Crippen LogP) is 1.57. The summed E-state index contributed by atoms with van der Waals surface area (Å²) in [5.41, 5.74) is 0. The van der Waals surface area contributed by atoms with Crippen LogP contribution in [0.1, 0.15) is 46.5 Å². The maximum Gasteiger partial charge on any atom is 0.304 e. The average molecular weight is 270 g/mol. The van der Waals surface area contributed by atoms with Crippen LogP contribution >= 0.6 is 0 Å². The molecule has 5 heteroatoms. The summed E-state index contributed by atoms with van der Waals surface area (Å²) < 4.78 is 0. The number of hydrogen-bond donors (Lipinski definition) is 1. The van der Waals surface area contributed by atoms with Crippen molar-refractivity contribution in [3.8, 4) is 0 Å². The number of rotatable bonds is 6. The van der Waals surface area contributed by atoms with Gasteiger partial charge in [0.15, 0.2) is 0 Å². The minimum absolute atomic E-state index is 0.0792. The molecule has 19 heavy (non-hydrogen) atoms. The lowest BCUT2D eigenvalue weighted by Gasteiger charge is -2.36. The summed E-state index contributed by atoms with van der Waals surface area (Å²) in [7, 11) is 0. The van der Waals surface area contributed by atoms with Gasteiger partial charge in [-0.3, -0.25) is 14.5 Å². The number of piperidine rings is 1. The number of aliphatic carboxylic acids is 1. The van der Waals surface area contributed by atoms with Crippen molar-refractivity contribution in [1.82, 2.24) is 9.80 Å². The largest absolute Gasteiger partial charge is 0.481 e. The van der Waals surface area contributed by atoms with Crippen molar-refractivity contribution in [1.29, 1.82) is 0 Å². The summed E-state index contributed by atoms with van der Waals surface area (Å²) in [5.74, 6) is -0.679. The maximum atomic E-state index is 12.4. The first kappa shape index (κ1) is 16.0. The third-order valence-electron chi connectivity index (χ3n) is 3.77. The highest BCUT2D eigenvalue weighted by molar-refractivity contribution is 5.81. The van der Waals surface area contributed by atoms with E-state index in [4.69, 9.17) is 5.11 Å². The van der Waals surface area contributed by atoms with E-state index in [2.05, 4.69) is 0 Å². The lowest BCUT2D eigenvalue weighted by Crippen LogP contribution is -2.51. The molecule has 1 amide bonds. The van der Waals surface area contributed by atoms with Gasteiger partial charge in [-0.05, 0) is 40.0 Å². The van der Waals surface area contributed by atoms with Crippen molar-refractivity contribution in [2.24, 2.45) is 0 Å². The molecule has 1 atom stereocenters. The molecule has 1 fully saturated rings. The van der Waals surface area contributed by atoms with E-state index >= 15 is 0 Å². The summed E-state index contributed by atoms with van der Waals surface area (Å²) >= 11 is 0. The van der Waals surface area contributed by atoms with Crippen LogP contribution in [0.4, 0.5) is 0 Å². The first-order valence-corrected chi connectivity index (χ1v) is 7.19. The van der Waals surface area contributed by atoms with E-state index in [1.54, 1.807) is 0 Å². The molecule has 0 aromatic carbocycles. The van der Waals surface area contributed by atoms with Crippen LogP contribution in [0, 0.1) is 0 Å². The Labute approximate surface area is 115 Å². The Hall–Kier alpha value is -1.10. The van der Waals surface area contributed by atoms with Crippen LogP contribution in [0.15, 0.2) is 0 Å². The van der Waals surface area contributed by atoms with Gasteiger partial charge in [0.1, 0.15) is 0 Å². The van der Waals surface area contributed by atoms with Gasteiger partial charge in [-0.25, -0.2) is 0 Å². The van der Waals surface area contributed by atoms with Crippen LogP contribution < -0.4 is 0 Å². The van der Waals surface area contributed by atoms with E-state index in [1.807, 2.05) is 30.6 Å². The minimum Gasteiger partial charge on any atom is -0.481 e. The SMILES string of the molecule is CC(C)N(CCC(=O)O)C(C)C(=O)N1CCCCC1. The molecule has 0 bridgehead atoms. The Bertz CT molecular complexity index is 312. The zero-order valence-electron chi connectivity index (χ0n) is 12.3. The highest BCUT2D eigenvalue weighted by atomic mass is 16.4. The number of hydrogen-bond acceptors (Lipinski definition) is 3. The summed E-state index contributed by atoms with van der Waals surface area (Å²) in [6.45, 7) is 8.00. The van der Waals surface area contributed by atoms with Gasteiger partial charge in [0.05, 0.1) is 12.5 Å². The molecule has 0 aromatic rings. The van der Waals surface area contributed by atoms with Crippen molar-refractivity contribution in [2.45, 2.75) is 58.5 Å². The highest BCUT2D eigenvalue weighted by Gasteiger charge is 2.28. The number of carbonyl (C=O) groups is 2. The fourth-order valence-corrected chi connectivity index (χ4v) is 2.64. The first-order chi connectivity index (χ1) is 8.93. The Kier molecular flexibility index (Phi) is 6.28. The molecule has 0 aromatic heterocycles. The van der Waals surface area contributed by atoms with E-state index in [-0.39, 0.29) is 24.4 Å². The zero-order valence-corrected chi connectivity index (χ0v) is 12.3. The number of nitrogens with zero attached hydrogens (tertiary/aromatic N) is 2. The van der Waals surface area contributed by atoms with Crippen molar-refractivity contribution in [3.63, 3.8) is 0 Å². The van der Waals surface area contributed by atoms with Crippen molar-refractivity contribution in [2.75, 3.05) is 19.6 Å². The third kappa shape index (κ3) is 4.82. The highest BCUT2D eigenvalue weighted by Crippen LogP contribution is 2.14. The molecule has 1 N–H and O–H groups in total. The molecule has 0 spiro atoms. The number of carbonyl (C=O) groups excluding carboxylic acids is 1. The molecule has 1 unspecified atom stereocenters. The van der Waals surface area contributed by atoms with Gasteiger partial charge in [-0.15, -0.1) is 0 Å². The molecule has 1 rings (SSSR count). The monoisotopic (exact) mass is 270 g/mol. The fraction of sp³-hybridized carbons (Fsp3) is 0.857. The molecule has 110 valence electrons. The second-order valence-corrected chi connectivity index (χ2v) is 5.54. The van der Waals surface area contributed by atoms with E-state index in [0.29, 0.717) is 6.54 Å².